The lowest BCUT2D eigenvalue weighted by molar-refractivity contribution is 0.0950. The molecule has 5 nitrogen and oxygen atoms in total. The van der Waals surface area contributed by atoms with Crippen molar-refractivity contribution >= 4 is 23.0 Å². The van der Waals surface area contributed by atoms with Crippen molar-refractivity contribution < 1.29 is 18.7 Å². The Hall–Kier alpha value is -2.86. The fourth-order valence-corrected chi connectivity index (χ4v) is 3.16. The monoisotopic (exact) mass is 355 g/mol. The van der Waals surface area contributed by atoms with Crippen LogP contribution in [-0.2, 0) is 6.54 Å². The van der Waals surface area contributed by atoms with E-state index in [0.29, 0.717) is 29.4 Å². The van der Waals surface area contributed by atoms with Crippen LogP contribution in [0.2, 0.25) is 0 Å². The van der Waals surface area contributed by atoms with Crippen LogP contribution in [0.15, 0.2) is 59.2 Å². The predicted octanol–water partition coefficient (Wildman–Crippen LogP) is 3.90. The van der Waals surface area contributed by atoms with E-state index in [1.807, 2.05) is 13.0 Å². The number of nitrogens with one attached hydrogen (secondary N) is 1. The zero-order valence-electron chi connectivity index (χ0n) is 13.7. The summed E-state index contributed by atoms with van der Waals surface area (Å²) < 4.78 is 10.5. The predicted molar refractivity (Wildman–Crippen MR) is 95.2 cm³/mol. The standard InChI is InChI=1S/C19H17NO4S/c1-2-23-14-7-5-13(6-8-14)19(22)20-12-15-9-10-17(25-15)18(21)16-4-3-11-24-16/h3-11H,2,12H2,1H3,(H,20,22). The van der Waals surface area contributed by atoms with Gasteiger partial charge in [-0.1, -0.05) is 0 Å². The van der Waals surface area contributed by atoms with E-state index in [1.54, 1.807) is 42.5 Å². The zero-order chi connectivity index (χ0) is 17.6. The van der Waals surface area contributed by atoms with E-state index < -0.39 is 0 Å². The van der Waals surface area contributed by atoms with Crippen molar-refractivity contribution in [1.29, 1.82) is 0 Å². The minimum absolute atomic E-state index is 0.154. The van der Waals surface area contributed by atoms with Gasteiger partial charge >= 0.3 is 0 Å². The van der Waals surface area contributed by atoms with Crippen LogP contribution in [0.4, 0.5) is 0 Å². The molecule has 3 aromatic rings. The number of rotatable bonds is 7. The van der Waals surface area contributed by atoms with Gasteiger partial charge in [-0.05, 0) is 55.5 Å². The minimum Gasteiger partial charge on any atom is -0.494 e. The van der Waals surface area contributed by atoms with Gasteiger partial charge < -0.3 is 14.5 Å². The average molecular weight is 355 g/mol. The zero-order valence-corrected chi connectivity index (χ0v) is 14.5. The molecule has 0 saturated heterocycles. The van der Waals surface area contributed by atoms with Gasteiger partial charge in [-0.15, -0.1) is 11.3 Å². The Kier molecular flexibility index (Phi) is 5.30. The second-order valence-electron chi connectivity index (χ2n) is 5.21. The summed E-state index contributed by atoms with van der Waals surface area (Å²) in [5, 5.41) is 2.85. The van der Waals surface area contributed by atoms with Crippen molar-refractivity contribution in [2.24, 2.45) is 0 Å². The highest BCUT2D eigenvalue weighted by atomic mass is 32.1. The van der Waals surface area contributed by atoms with Crippen molar-refractivity contribution in [3.8, 4) is 5.75 Å². The number of furan rings is 1. The molecule has 0 saturated carbocycles. The Morgan fingerprint density at radius 1 is 1.12 bits per heavy atom. The maximum absolute atomic E-state index is 12.2. The van der Waals surface area contributed by atoms with E-state index in [-0.39, 0.29) is 11.7 Å². The van der Waals surface area contributed by atoms with Crippen LogP contribution in [0.5, 0.6) is 5.75 Å². The first-order valence-electron chi connectivity index (χ1n) is 7.85. The molecule has 3 rings (SSSR count). The van der Waals surface area contributed by atoms with Crippen molar-refractivity contribution in [2.75, 3.05) is 6.61 Å². The lowest BCUT2D eigenvalue weighted by atomic mass is 10.2. The van der Waals surface area contributed by atoms with E-state index in [1.165, 1.54) is 17.6 Å². The van der Waals surface area contributed by atoms with E-state index in [9.17, 15) is 9.59 Å². The van der Waals surface area contributed by atoms with Crippen molar-refractivity contribution in [2.45, 2.75) is 13.5 Å². The van der Waals surface area contributed by atoms with Crippen LogP contribution in [-0.4, -0.2) is 18.3 Å². The Morgan fingerprint density at radius 3 is 2.60 bits per heavy atom. The summed E-state index contributed by atoms with van der Waals surface area (Å²) in [6.45, 7) is 2.86. The SMILES string of the molecule is CCOc1ccc(C(=O)NCc2ccc(C(=O)c3ccco3)s2)cc1. The third-order valence-corrected chi connectivity index (χ3v) is 4.57. The van der Waals surface area contributed by atoms with Crippen LogP contribution in [0.1, 0.15) is 37.6 Å². The molecular weight excluding hydrogens is 338 g/mol. The molecule has 0 aliphatic carbocycles. The number of ketones is 1. The number of ether oxygens (including phenoxy) is 1. The summed E-state index contributed by atoms with van der Waals surface area (Å²) in [4.78, 5) is 25.8. The first kappa shape index (κ1) is 17.0. The molecule has 1 amide bonds. The smallest absolute Gasteiger partial charge is 0.251 e. The first-order chi connectivity index (χ1) is 12.2. The van der Waals surface area contributed by atoms with Crippen LogP contribution in [0.3, 0.4) is 0 Å². The average Bonchev–Trinajstić information content (AvgIpc) is 3.32. The number of thiophene rings is 1. The maximum atomic E-state index is 12.2. The van der Waals surface area contributed by atoms with Crippen molar-refractivity contribution in [3.05, 3.63) is 75.9 Å². The molecule has 0 bridgehead atoms. The van der Waals surface area contributed by atoms with Gasteiger partial charge in [-0.3, -0.25) is 9.59 Å². The van der Waals surface area contributed by atoms with Crippen LogP contribution in [0.25, 0.3) is 0 Å². The molecule has 6 heteroatoms. The largest absolute Gasteiger partial charge is 0.494 e. The molecule has 0 aliphatic heterocycles. The van der Waals surface area contributed by atoms with Crippen molar-refractivity contribution in [3.63, 3.8) is 0 Å². The molecule has 0 fully saturated rings. The van der Waals surface area contributed by atoms with Gasteiger partial charge in [0.2, 0.25) is 5.78 Å². The van der Waals surface area contributed by atoms with Crippen LogP contribution in [0, 0.1) is 0 Å². The second kappa shape index (κ2) is 7.81. The van der Waals surface area contributed by atoms with Crippen LogP contribution < -0.4 is 10.1 Å². The topological polar surface area (TPSA) is 68.5 Å². The summed E-state index contributed by atoms with van der Waals surface area (Å²) in [6.07, 6.45) is 1.47. The molecule has 0 atom stereocenters. The van der Waals surface area contributed by atoms with Gasteiger partial charge in [0.1, 0.15) is 5.75 Å². The number of hydrogen-bond acceptors (Lipinski definition) is 5. The molecule has 1 N–H and O–H groups in total. The fourth-order valence-electron chi connectivity index (χ4n) is 2.26. The highest BCUT2D eigenvalue weighted by molar-refractivity contribution is 7.14. The summed E-state index contributed by atoms with van der Waals surface area (Å²) in [7, 11) is 0. The third-order valence-electron chi connectivity index (χ3n) is 3.48. The maximum Gasteiger partial charge on any atom is 0.251 e. The van der Waals surface area contributed by atoms with Gasteiger partial charge in [0.25, 0.3) is 5.91 Å². The molecule has 2 heterocycles. The minimum atomic E-state index is -0.171. The van der Waals surface area contributed by atoms with E-state index >= 15 is 0 Å². The number of carbonyl (C=O) groups excluding carboxylic acids is 2. The number of amides is 1. The summed E-state index contributed by atoms with van der Waals surface area (Å²) in [6, 6.07) is 13.9. The first-order valence-corrected chi connectivity index (χ1v) is 8.67. The summed E-state index contributed by atoms with van der Waals surface area (Å²) >= 11 is 1.34. The Labute approximate surface area is 149 Å². The Balaban J connectivity index is 1.58. The van der Waals surface area contributed by atoms with Crippen molar-refractivity contribution in [1.82, 2.24) is 5.32 Å². The lowest BCUT2D eigenvalue weighted by Crippen LogP contribution is -2.22. The normalized spacial score (nSPS) is 10.4. The van der Waals surface area contributed by atoms with E-state index in [0.717, 1.165) is 10.6 Å². The Morgan fingerprint density at radius 2 is 1.92 bits per heavy atom. The number of benzene rings is 1. The molecule has 0 unspecified atom stereocenters. The number of hydrogen-bond donors (Lipinski definition) is 1. The summed E-state index contributed by atoms with van der Waals surface area (Å²) in [5.74, 6) is 0.722. The number of carbonyl (C=O) groups is 2. The van der Waals surface area contributed by atoms with Gasteiger partial charge in [0.05, 0.1) is 24.3 Å². The van der Waals surface area contributed by atoms with Gasteiger partial charge in [-0.2, -0.15) is 0 Å². The quantitative estimate of drug-likeness (QED) is 0.653. The van der Waals surface area contributed by atoms with E-state index in [4.69, 9.17) is 9.15 Å². The second-order valence-corrected chi connectivity index (χ2v) is 6.38. The highest BCUT2D eigenvalue weighted by Gasteiger charge is 2.14. The van der Waals surface area contributed by atoms with Crippen LogP contribution >= 0.6 is 11.3 Å². The summed E-state index contributed by atoms with van der Waals surface area (Å²) in [5.41, 5.74) is 0.562. The fraction of sp³-hybridized carbons (Fsp3) is 0.158. The highest BCUT2D eigenvalue weighted by Crippen LogP contribution is 2.20. The lowest BCUT2D eigenvalue weighted by Gasteiger charge is -2.06. The molecular formula is C19H17NO4S. The molecule has 0 radical (unpaired) electrons. The molecule has 0 spiro atoms. The Bertz CT molecular complexity index is 850. The van der Waals surface area contributed by atoms with Gasteiger partial charge in [0.15, 0.2) is 5.76 Å². The molecule has 1 aromatic carbocycles. The molecule has 25 heavy (non-hydrogen) atoms. The third kappa shape index (κ3) is 4.16. The molecule has 0 aliphatic rings. The van der Waals surface area contributed by atoms with E-state index in [2.05, 4.69) is 5.32 Å². The van der Waals surface area contributed by atoms with Gasteiger partial charge in [-0.25, -0.2) is 0 Å². The molecule has 2 aromatic heterocycles. The molecule has 128 valence electrons. The van der Waals surface area contributed by atoms with Gasteiger partial charge in [0, 0.05) is 10.4 Å².